The van der Waals surface area contributed by atoms with E-state index in [2.05, 4.69) is 14.8 Å². The minimum atomic E-state index is 0.328. The van der Waals surface area contributed by atoms with Crippen LogP contribution in [0.2, 0.25) is 0 Å². The van der Waals surface area contributed by atoms with Gasteiger partial charge < -0.3 is 4.84 Å². The summed E-state index contributed by atoms with van der Waals surface area (Å²) in [6.45, 7) is 0. The van der Waals surface area contributed by atoms with E-state index in [4.69, 9.17) is 5.90 Å². The highest BCUT2D eigenvalue weighted by Crippen LogP contribution is 2.11. The molecule has 1 aromatic carbocycles. The molecule has 0 unspecified atom stereocenters. The van der Waals surface area contributed by atoms with Crippen molar-refractivity contribution < 1.29 is 4.84 Å². The molecule has 0 radical (unpaired) electrons. The predicted octanol–water partition coefficient (Wildman–Crippen LogP) is 0.882. The van der Waals surface area contributed by atoms with Crippen molar-refractivity contribution in [2.24, 2.45) is 5.90 Å². The lowest BCUT2D eigenvalue weighted by atomic mass is 10.3. The van der Waals surface area contributed by atoms with Gasteiger partial charge in [0, 0.05) is 0 Å². The van der Waals surface area contributed by atoms with Crippen molar-refractivity contribution in [2.75, 3.05) is 0 Å². The highest BCUT2D eigenvalue weighted by molar-refractivity contribution is 5.73. The van der Waals surface area contributed by atoms with Crippen LogP contribution >= 0.6 is 0 Å². The molecule has 60 valence electrons. The number of rotatable bonds is 1. The van der Waals surface area contributed by atoms with Crippen LogP contribution in [0.4, 0.5) is 0 Å². The van der Waals surface area contributed by atoms with Gasteiger partial charge in [0.05, 0.1) is 17.2 Å². The first-order valence-electron chi connectivity index (χ1n) is 3.48. The first-order valence-corrected chi connectivity index (χ1v) is 3.48. The van der Waals surface area contributed by atoms with Crippen LogP contribution in [-0.4, -0.2) is 9.97 Å². The number of benzene rings is 1. The Kier molecular flexibility index (Phi) is 1.60. The second-order valence-electron chi connectivity index (χ2n) is 2.31. The lowest BCUT2D eigenvalue weighted by Crippen LogP contribution is -2.03. The second-order valence-corrected chi connectivity index (χ2v) is 2.31. The van der Waals surface area contributed by atoms with E-state index in [1.165, 1.54) is 6.20 Å². The average molecular weight is 161 g/mol. The molecular formula is C8H7N3O. The number of nitrogens with two attached hydrogens (primary N) is 1. The topological polar surface area (TPSA) is 61.0 Å². The number of para-hydroxylation sites is 2. The van der Waals surface area contributed by atoms with Crippen molar-refractivity contribution in [3.8, 4) is 5.88 Å². The van der Waals surface area contributed by atoms with Gasteiger partial charge in [0.2, 0.25) is 0 Å². The number of nitrogens with zero attached hydrogens (tertiary/aromatic N) is 2. The zero-order chi connectivity index (χ0) is 8.39. The van der Waals surface area contributed by atoms with Crippen molar-refractivity contribution in [2.45, 2.75) is 0 Å². The highest BCUT2D eigenvalue weighted by Gasteiger charge is 1.96. The lowest BCUT2D eigenvalue weighted by Gasteiger charge is -1.97. The van der Waals surface area contributed by atoms with Crippen LogP contribution in [0.25, 0.3) is 11.0 Å². The minimum Gasteiger partial charge on any atom is -0.389 e. The van der Waals surface area contributed by atoms with Crippen LogP contribution < -0.4 is 10.7 Å². The summed E-state index contributed by atoms with van der Waals surface area (Å²) in [4.78, 5) is 12.6. The van der Waals surface area contributed by atoms with Crippen molar-refractivity contribution >= 4 is 11.0 Å². The van der Waals surface area contributed by atoms with Crippen LogP contribution in [0.3, 0.4) is 0 Å². The Bertz CT molecular complexity index is 402. The summed E-state index contributed by atoms with van der Waals surface area (Å²) in [6.07, 6.45) is 1.49. The highest BCUT2D eigenvalue weighted by atomic mass is 16.6. The van der Waals surface area contributed by atoms with E-state index in [9.17, 15) is 0 Å². The SMILES string of the molecule is NOc1cnc2ccccc2n1. The maximum Gasteiger partial charge on any atom is 0.256 e. The summed E-state index contributed by atoms with van der Waals surface area (Å²) < 4.78 is 0. The standard InChI is InChI=1S/C8H7N3O/c9-12-8-5-10-6-3-1-2-4-7(6)11-8/h1-5H,9H2. The van der Waals surface area contributed by atoms with Gasteiger partial charge in [0.1, 0.15) is 0 Å². The molecule has 12 heavy (non-hydrogen) atoms. The Morgan fingerprint density at radius 3 is 2.67 bits per heavy atom. The third-order valence-electron chi connectivity index (χ3n) is 1.55. The quantitative estimate of drug-likeness (QED) is 0.631. The fourth-order valence-electron chi connectivity index (χ4n) is 0.997. The first kappa shape index (κ1) is 7.00. The van der Waals surface area contributed by atoms with E-state index in [-0.39, 0.29) is 0 Å². The molecule has 0 aliphatic carbocycles. The molecule has 1 aromatic heterocycles. The van der Waals surface area contributed by atoms with Gasteiger partial charge >= 0.3 is 0 Å². The normalized spacial score (nSPS) is 10.1. The van der Waals surface area contributed by atoms with E-state index < -0.39 is 0 Å². The molecule has 0 amide bonds. The molecule has 2 N–H and O–H groups in total. The van der Waals surface area contributed by atoms with Gasteiger partial charge in [-0.2, -0.15) is 5.90 Å². The van der Waals surface area contributed by atoms with Gasteiger partial charge in [0.25, 0.3) is 5.88 Å². The van der Waals surface area contributed by atoms with Gasteiger partial charge in [-0.3, -0.25) is 0 Å². The Morgan fingerprint density at radius 2 is 1.92 bits per heavy atom. The molecule has 0 fully saturated rings. The van der Waals surface area contributed by atoms with E-state index >= 15 is 0 Å². The Labute approximate surface area is 69.0 Å². The maximum atomic E-state index is 4.94. The van der Waals surface area contributed by atoms with Crippen LogP contribution in [0.1, 0.15) is 0 Å². The average Bonchev–Trinajstić information content (AvgIpc) is 2.17. The number of fused-ring (bicyclic) bond motifs is 1. The molecule has 2 rings (SSSR count). The van der Waals surface area contributed by atoms with Crippen LogP contribution in [0.5, 0.6) is 5.88 Å². The molecule has 0 atom stereocenters. The smallest absolute Gasteiger partial charge is 0.256 e. The summed E-state index contributed by atoms with van der Waals surface area (Å²) >= 11 is 0. The largest absolute Gasteiger partial charge is 0.389 e. The molecule has 4 nitrogen and oxygen atoms in total. The van der Waals surface area contributed by atoms with Crippen LogP contribution in [-0.2, 0) is 0 Å². The summed E-state index contributed by atoms with van der Waals surface area (Å²) in [5.74, 6) is 5.27. The molecule has 0 aliphatic heterocycles. The van der Waals surface area contributed by atoms with Gasteiger partial charge in [-0.15, -0.1) is 0 Å². The first-order chi connectivity index (χ1) is 5.90. The van der Waals surface area contributed by atoms with Crippen LogP contribution in [0, 0.1) is 0 Å². The summed E-state index contributed by atoms with van der Waals surface area (Å²) in [6, 6.07) is 7.52. The van der Waals surface area contributed by atoms with Crippen molar-refractivity contribution in [3.63, 3.8) is 0 Å². The Morgan fingerprint density at radius 1 is 1.17 bits per heavy atom. The molecule has 4 heteroatoms. The summed E-state index contributed by atoms with van der Waals surface area (Å²) in [5.41, 5.74) is 1.61. The zero-order valence-electron chi connectivity index (χ0n) is 6.27. The Balaban J connectivity index is 2.67. The molecule has 1 heterocycles. The van der Waals surface area contributed by atoms with Gasteiger partial charge in [-0.25, -0.2) is 9.97 Å². The molecular weight excluding hydrogens is 154 g/mol. The van der Waals surface area contributed by atoms with Gasteiger partial charge in [-0.05, 0) is 12.1 Å². The van der Waals surface area contributed by atoms with Gasteiger partial charge in [0.15, 0.2) is 0 Å². The fraction of sp³-hybridized carbons (Fsp3) is 0. The number of hydrogen-bond acceptors (Lipinski definition) is 4. The molecule has 0 spiro atoms. The number of hydrogen-bond donors (Lipinski definition) is 1. The number of aromatic nitrogens is 2. The van der Waals surface area contributed by atoms with E-state index in [0.29, 0.717) is 5.88 Å². The molecule has 0 aliphatic rings. The minimum absolute atomic E-state index is 0.328. The molecule has 0 saturated heterocycles. The molecule has 0 bridgehead atoms. The van der Waals surface area contributed by atoms with E-state index in [0.717, 1.165) is 11.0 Å². The van der Waals surface area contributed by atoms with Crippen molar-refractivity contribution in [1.82, 2.24) is 9.97 Å². The monoisotopic (exact) mass is 161 g/mol. The third kappa shape index (κ3) is 1.08. The lowest BCUT2D eigenvalue weighted by molar-refractivity contribution is 0.320. The fourth-order valence-corrected chi connectivity index (χ4v) is 0.997. The molecule has 2 aromatic rings. The van der Waals surface area contributed by atoms with Crippen LogP contribution in [0.15, 0.2) is 30.5 Å². The zero-order valence-corrected chi connectivity index (χ0v) is 6.27. The summed E-state index contributed by atoms with van der Waals surface area (Å²) in [5, 5.41) is 0. The second kappa shape index (κ2) is 2.75. The van der Waals surface area contributed by atoms with E-state index in [1.54, 1.807) is 0 Å². The predicted molar refractivity (Wildman–Crippen MR) is 44.4 cm³/mol. The molecule has 0 saturated carbocycles. The summed E-state index contributed by atoms with van der Waals surface area (Å²) in [7, 11) is 0. The maximum absolute atomic E-state index is 4.94. The van der Waals surface area contributed by atoms with Crippen molar-refractivity contribution in [3.05, 3.63) is 30.5 Å². The van der Waals surface area contributed by atoms with E-state index in [1.807, 2.05) is 24.3 Å². The Hall–Kier alpha value is -1.68. The van der Waals surface area contributed by atoms with Gasteiger partial charge in [-0.1, -0.05) is 12.1 Å². The van der Waals surface area contributed by atoms with Crippen molar-refractivity contribution in [1.29, 1.82) is 0 Å². The third-order valence-corrected chi connectivity index (χ3v) is 1.55.